The van der Waals surface area contributed by atoms with Gasteiger partial charge in [0.25, 0.3) is 0 Å². The summed E-state index contributed by atoms with van der Waals surface area (Å²) >= 11 is 5.62. The van der Waals surface area contributed by atoms with Gasteiger partial charge in [0, 0.05) is 24.5 Å². The molecule has 4 nitrogen and oxygen atoms in total. The molecule has 1 heterocycles. The standard InChI is InChI=1S/C17H16ClN3O/c1-3-19-16(22)12(2)15-8-6-13(7-9-15)4-5-14-10-20-17(18)21-11-14/h6-12H,3H2,1-2H3,(H,19,22)/t12-/m1/s1. The van der Waals surface area contributed by atoms with Crippen LogP contribution in [0.25, 0.3) is 0 Å². The van der Waals surface area contributed by atoms with E-state index in [4.69, 9.17) is 11.6 Å². The lowest BCUT2D eigenvalue weighted by Crippen LogP contribution is -2.27. The van der Waals surface area contributed by atoms with Gasteiger partial charge in [-0.15, -0.1) is 0 Å². The van der Waals surface area contributed by atoms with Gasteiger partial charge in [-0.05, 0) is 43.1 Å². The summed E-state index contributed by atoms with van der Waals surface area (Å²) in [5.74, 6) is 5.85. The van der Waals surface area contributed by atoms with Gasteiger partial charge in [0.05, 0.1) is 11.5 Å². The Hall–Kier alpha value is -2.38. The van der Waals surface area contributed by atoms with Crippen LogP contribution in [0.15, 0.2) is 36.7 Å². The van der Waals surface area contributed by atoms with E-state index in [-0.39, 0.29) is 17.1 Å². The highest BCUT2D eigenvalue weighted by Crippen LogP contribution is 2.15. The van der Waals surface area contributed by atoms with E-state index in [0.717, 1.165) is 11.1 Å². The van der Waals surface area contributed by atoms with Gasteiger partial charge in [0.15, 0.2) is 0 Å². The van der Waals surface area contributed by atoms with Crippen molar-refractivity contribution in [3.05, 3.63) is 58.6 Å². The molecule has 1 aromatic heterocycles. The summed E-state index contributed by atoms with van der Waals surface area (Å²) in [5, 5.41) is 3.02. The average molecular weight is 314 g/mol. The van der Waals surface area contributed by atoms with Gasteiger partial charge >= 0.3 is 0 Å². The smallest absolute Gasteiger partial charge is 0.227 e. The highest BCUT2D eigenvalue weighted by atomic mass is 35.5. The highest BCUT2D eigenvalue weighted by Gasteiger charge is 2.13. The van der Waals surface area contributed by atoms with Crippen molar-refractivity contribution in [2.45, 2.75) is 19.8 Å². The van der Waals surface area contributed by atoms with Gasteiger partial charge in [-0.2, -0.15) is 0 Å². The first-order chi connectivity index (χ1) is 10.6. The van der Waals surface area contributed by atoms with Crippen molar-refractivity contribution in [2.75, 3.05) is 6.54 Å². The number of benzene rings is 1. The fourth-order valence-corrected chi connectivity index (χ4v) is 1.95. The van der Waals surface area contributed by atoms with Crippen molar-refractivity contribution in [3.63, 3.8) is 0 Å². The summed E-state index contributed by atoms with van der Waals surface area (Å²) in [4.78, 5) is 19.5. The first-order valence-electron chi connectivity index (χ1n) is 6.97. The molecule has 0 saturated heterocycles. The number of likely N-dealkylation sites (N-methyl/N-ethyl adjacent to an activating group) is 1. The minimum Gasteiger partial charge on any atom is -0.356 e. The zero-order chi connectivity index (χ0) is 15.9. The maximum atomic E-state index is 11.8. The lowest BCUT2D eigenvalue weighted by molar-refractivity contribution is -0.122. The van der Waals surface area contributed by atoms with E-state index in [1.165, 1.54) is 0 Å². The number of amides is 1. The first-order valence-corrected chi connectivity index (χ1v) is 7.35. The minimum atomic E-state index is -0.174. The maximum absolute atomic E-state index is 11.8. The van der Waals surface area contributed by atoms with Crippen LogP contribution >= 0.6 is 11.6 Å². The number of carbonyl (C=O) groups excluding carboxylic acids is 1. The van der Waals surface area contributed by atoms with Gasteiger partial charge in [-0.25, -0.2) is 9.97 Å². The molecule has 1 N–H and O–H groups in total. The second kappa shape index (κ2) is 7.58. The molecular weight excluding hydrogens is 298 g/mol. The van der Waals surface area contributed by atoms with Crippen LogP contribution in [0.3, 0.4) is 0 Å². The number of rotatable bonds is 3. The second-order valence-corrected chi connectivity index (χ2v) is 5.07. The molecule has 0 fully saturated rings. The summed E-state index contributed by atoms with van der Waals surface area (Å²) in [6.07, 6.45) is 3.15. The van der Waals surface area contributed by atoms with Crippen LogP contribution in [0.5, 0.6) is 0 Å². The molecule has 2 aromatic rings. The Morgan fingerprint density at radius 2 is 1.77 bits per heavy atom. The Bertz CT molecular complexity index is 699. The third-order valence-electron chi connectivity index (χ3n) is 3.13. The van der Waals surface area contributed by atoms with E-state index in [1.807, 2.05) is 38.1 Å². The van der Waals surface area contributed by atoms with Crippen molar-refractivity contribution < 1.29 is 4.79 Å². The zero-order valence-corrected chi connectivity index (χ0v) is 13.2. The van der Waals surface area contributed by atoms with Crippen molar-refractivity contribution >= 4 is 17.5 Å². The number of hydrogen-bond donors (Lipinski definition) is 1. The minimum absolute atomic E-state index is 0.0275. The summed E-state index contributed by atoms with van der Waals surface area (Å²) in [5.41, 5.74) is 2.53. The molecule has 2 rings (SSSR count). The molecule has 112 valence electrons. The zero-order valence-electron chi connectivity index (χ0n) is 12.4. The van der Waals surface area contributed by atoms with Gasteiger partial charge in [0.1, 0.15) is 0 Å². The third kappa shape index (κ3) is 4.31. The number of hydrogen-bond acceptors (Lipinski definition) is 3. The van der Waals surface area contributed by atoms with E-state index in [2.05, 4.69) is 27.1 Å². The number of nitrogens with one attached hydrogen (secondary N) is 1. The quantitative estimate of drug-likeness (QED) is 0.700. The maximum Gasteiger partial charge on any atom is 0.227 e. The van der Waals surface area contributed by atoms with Crippen LogP contribution in [0.1, 0.15) is 36.5 Å². The number of carbonyl (C=O) groups is 1. The predicted octanol–water partition coefficient (Wildman–Crippen LogP) is 2.77. The van der Waals surface area contributed by atoms with Crippen LogP contribution in [-0.4, -0.2) is 22.4 Å². The van der Waals surface area contributed by atoms with Crippen molar-refractivity contribution in [2.24, 2.45) is 0 Å². The molecule has 22 heavy (non-hydrogen) atoms. The summed E-state index contributed by atoms with van der Waals surface area (Å²) in [7, 11) is 0. The largest absolute Gasteiger partial charge is 0.356 e. The molecule has 0 spiro atoms. The van der Waals surface area contributed by atoms with Gasteiger partial charge in [-0.1, -0.05) is 24.0 Å². The lowest BCUT2D eigenvalue weighted by Gasteiger charge is -2.11. The van der Waals surface area contributed by atoms with Crippen LogP contribution in [0.2, 0.25) is 5.28 Å². The van der Waals surface area contributed by atoms with Gasteiger partial charge in [-0.3, -0.25) is 4.79 Å². The molecule has 0 aliphatic carbocycles. The Morgan fingerprint density at radius 1 is 1.18 bits per heavy atom. The van der Waals surface area contributed by atoms with Crippen molar-refractivity contribution in [1.82, 2.24) is 15.3 Å². The monoisotopic (exact) mass is 313 g/mol. The fraction of sp³-hybridized carbons (Fsp3) is 0.235. The van der Waals surface area contributed by atoms with E-state index >= 15 is 0 Å². The van der Waals surface area contributed by atoms with Gasteiger partial charge in [0.2, 0.25) is 11.2 Å². The number of nitrogens with zero attached hydrogens (tertiary/aromatic N) is 2. The molecule has 0 saturated carbocycles. The van der Waals surface area contributed by atoms with Crippen LogP contribution in [0.4, 0.5) is 0 Å². The molecule has 1 aromatic carbocycles. The van der Waals surface area contributed by atoms with E-state index in [1.54, 1.807) is 12.4 Å². The van der Waals surface area contributed by atoms with Crippen molar-refractivity contribution in [3.8, 4) is 11.8 Å². The summed E-state index contributed by atoms with van der Waals surface area (Å²) in [6.45, 7) is 4.43. The average Bonchev–Trinajstić information content (AvgIpc) is 2.54. The molecule has 1 atom stereocenters. The lowest BCUT2D eigenvalue weighted by atomic mass is 9.99. The molecule has 0 aliphatic heterocycles. The topological polar surface area (TPSA) is 54.9 Å². The van der Waals surface area contributed by atoms with Crippen LogP contribution in [-0.2, 0) is 4.79 Å². The van der Waals surface area contributed by atoms with Crippen LogP contribution < -0.4 is 5.32 Å². The molecule has 0 aliphatic rings. The normalized spacial score (nSPS) is 11.2. The molecule has 5 heteroatoms. The van der Waals surface area contributed by atoms with E-state index in [9.17, 15) is 4.79 Å². The van der Waals surface area contributed by atoms with E-state index in [0.29, 0.717) is 12.1 Å². The molecular formula is C17H16ClN3O. The Labute approximate surface area is 134 Å². The van der Waals surface area contributed by atoms with Gasteiger partial charge < -0.3 is 5.32 Å². The second-order valence-electron chi connectivity index (χ2n) is 4.73. The highest BCUT2D eigenvalue weighted by molar-refractivity contribution is 6.28. The SMILES string of the molecule is CCNC(=O)[C@H](C)c1ccc(C#Cc2cnc(Cl)nc2)cc1. The molecule has 0 radical (unpaired) electrons. The summed E-state index contributed by atoms with van der Waals surface area (Å²) in [6, 6.07) is 7.63. The van der Waals surface area contributed by atoms with E-state index < -0.39 is 0 Å². The number of halogens is 1. The summed E-state index contributed by atoms with van der Waals surface area (Å²) < 4.78 is 0. The third-order valence-corrected chi connectivity index (χ3v) is 3.32. The predicted molar refractivity (Wildman–Crippen MR) is 86.6 cm³/mol. The molecule has 0 unspecified atom stereocenters. The Balaban J connectivity index is 2.09. The molecule has 0 bridgehead atoms. The number of aromatic nitrogens is 2. The Morgan fingerprint density at radius 3 is 2.36 bits per heavy atom. The first kappa shape index (κ1) is 16.0. The van der Waals surface area contributed by atoms with Crippen molar-refractivity contribution in [1.29, 1.82) is 0 Å². The fourth-order valence-electron chi connectivity index (χ4n) is 1.85. The Kier molecular flexibility index (Phi) is 5.51. The van der Waals surface area contributed by atoms with Crippen LogP contribution in [0, 0.1) is 11.8 Å². The molecule has 1 amide bonds.